The molecule has 3 rings (SSSR count). The molecular formula is C23H25Cl2N3O7S2. The molecule has 0 amide bonds. The Morgan fingerprint density at radius 2 is 1.81 bits per heavy atom. The molecule has 0 fully saturated rings. The van der Waals surface area contributed by atoms with E-state index in [9.17, 15) is 18.5 Å². The zero-order valence-electron chi connectivity index (χ0n) is 19.5. The third-order valence-electron chi connectivity index (χ3n) is 5.22. The van der Waals surface area contributed by atoms with Gasteiger partial charge in [-0.2, -0.15) is 8.42 Å². The van der Waals surface area contributed by atoms with E-state index in [1.54, 1.807) is 18.2 Å². The van der Waals surface area contributed by atoms with Gasteiger partial charge in [0, 0.05) is 42.8 Å². The van der Waals surface area contributed by atoms with E-state index < -0.39 is 20.3 Å². The van der Waals surface area contributed by atoms with Crippen LogP contribution in [0.1, 0.15) is 16.4 Å². The second kappa shape index (κ2) is 13.8. The number of aromatic nitrogens is 1. The van der Waals surface area contributed by atoms with Crippen LogP contribution in [0, 0.1) is 10.1 Å². The van der Waals surface area contributed by atoms with Gasteiger partial charge in [-0.1, -0.05) is 17.4 Å². The Morgan fingerprint density at radius 3 is 2.38 bits per heavy atom. The van der Waals surface area contributed by atoms with Crippen molar-refractivity contribution in [1.82, 2.24) is 4.98 Å². The lowest BCUT2D eigenvalue weighted by Crippen LogP contribution is -2.27. The molecule has 0 aliphatic heterocycles. The molecule has 1 unspecified atom stereocenters. The van der Waals surface area contributed by atoms with Crippen molar-refractivity contribution in [3.8, 4) is 11.6 Å². The molecular weight excluding hydrogens is 565 g/mol. The molecule has 2 heterocycles. The molecule has 1 atom stereocenters. The molecule has 2 aromatic heterocycles. The van der Waals surface area contributed by atoms with Crippen molar-refractivity contribution < 1.29 is 27.4 Å². The van der Waals surface area contributed by atoms with Crippen molar-refractivity contribution in [2.45, 2.75) is 11.7 Å². The number of nitrogens with zero attached hydrogens (tertiary/aromatic N) is 3. The number of thiophene rings is 1. The second-order valence-corrected chi connectivity index (χ2v) is 11.0. The standard InChI is InChI=1S/C23H25Cl2N3O7S2/c24-8-10-27(11-9-25)18-2-4-19(5-3-18)35-37(32,33)21(20-7-14-36-23(20)28(30)31)15-17-1-6-22(26-16-17)34-13-12-29/h1-7,14,16,21,29H,8-13,15H2. The fourth-order valence-corrected chi connectivity index (χ4v) is 6.18. The van der Waals surface area contributed by atoms with Crippen molar-refractivity contribution >= 4 is 55.3 Å². The number of aliphatic hydroxyl groups excluding tert-OH is 1. The van der Waals surface area contributed by atoms with Crippen molar-refractivity contribution in [2.24, 2.45) is 0 Å². The predicted octanol–water partition coefficient (Wildman–Crippen LogP) is 4.40. The fraction of sp³-hybridized carbons (Fsp3) is 0.348. The highest BCUT2D eigenvalue weighted by molar-refractivity contribution is 7.87. The van der Waals surface area contributed by atoms with Gasteiger partial charge in [0.15, 0.2) is 0 Å². The molecule has 37 heavy (non-hydrogen) atoms. The lowest BCUT2D eigenvalue weighted by Gasteiger charge is -2.23. The van der Waals surface area contributed by atoms with Gasteiger partial charge in [-0.25, -0.2) is 4.98 Å². The van der Waals surface area contributed by atoms with E-state index in [0.717, 1.165) is 17.0 Å². The SMILES string of the molecule is O=[N+]([O-])c1sccc1C(Cc1ccc(OCCO)nc1)S(=O)(=O)Oc1ccc(N(CCCl)CCCl)cc1. The second-order valence-electron chi connectivity index (χ2n) is 7.64. The minimum absolute atomic E-state index is 0.0302. The Morgan fingerprint density at radius 1 is 1.11 bits per heavy atom. The third kappa shape index (κ3) is 7.92. The number of alkyl halides is 2. The van der Waals surface area contributed by atoms with Crippen LogP contribution in [0.3, 0.4) is 0 Å². The molecule has 1 aromatic carbocycles. The number of rotatable bonds is 15. The van der Waals surface area contributed by atoms with Crippen LogP contribution in [-0.2, 0) is 16.5 Å². The van der Waals surface area contributed by atoms with Gasteiger partial charge in [0.05, 0.1) is 17.1 Å². The number of hydrogen-bond acceptors (Lipinski definition) is 10. The van der Waals surface area contributed by atoms with Crippen LogP contribution in [-0.4, -0.2) is 61.5 Å². The first kappa shape index (κ1) is 28.9. The van der Waals surface area contributed by atoms with E-state index in [2.05, 4.69) is 4.98 Å². The predicted molar refractivity (Wildman–Crippen MR) is 144 cm³/mol. The number of halogens is 2. The van der Waals surface area contributed by atoms with E-state index >= 15 is 0 Å². The van der Waals surface area contributed by atoms with Gasteiger partial charge < -0.3 is 18.9 Å². The van der Waals surface area contributed by atoms with Crippen molar-refractivity contribution in [3.63, 3.8) is 0 Å². The van der Waals surface area contributed by atoms with Crippen LogP contribution in [0.5, 0.6) is 11.6 Å². The minimum Gasteiger partial charge on any atom is -0.475 e. The zero-order valence-corrected chi connectivity index (χ0v) is 22.7. The monoisotopic (exact) mass is 589 g/mol. The molecule has 0 bridgehead atoms. The van der Waals surface area contributed by atoms with Crippen LogP contribution in [0.2, 0.25) is 0 Å². The Kier molecular flexibility index (Phi) is 10.8. The number of benzene rings is 1. The van der Waals surface area contributed by atoms with Gasteiger partial charge in [-0.3, -0.25) is 10.1 Å². The first-order valence-corrected chi connectivity index (χ1v) is 14.5. The van der Waals surface area contributed by atoms with Crippen LogP contribution >= 0.6 is 34.5 Å². The number of anilines is 1. The number of hydrogen-bond donors (Lipinski definition) is 1. The summed E-state index contributed by atoms with van der Waals surface area (Å²) in [6.45, 7) is 1.01. The first-order valence-electron chi connectivity index (χ1n) is 11.1. The van der Waals surface area contributed by atoms with Gasteiger partial charge >= 0.3 is 15.1 Å². The Hall–Kier alpha value is -2.64. The van der Waals surface area contributed by atoms with Crippen molar-refractivity contribution in [3.05, 3.63) is 75.3 Å². The minimum atomic E-state index is -4.38. The Bertz CT molecular complexity index is 1250. The van der Waals surface area contributed by atoms with Gasteiger partial charge in [-0.05, 0) is 47.7 Å². The molecule has 3 aromatic rings. The van der Waals surface area contributed by atoms with E-state index in [0.29, 0.717) is 30.4 Å². The third-order valence-corrected chi connectivity index (χ3v) is 7.98. The number of aliphatic hydroxyl groups is 1. The maximum atomic E-state index is 13.5. The van der Waals surface area contributed by atoms with Crippen molar-refractivity contribution in [1.29, 1.82) is 0 Å². The highest BCUT2D eigenvalue weighted by atomic mass is 35.5. The van der Waals surface area contributed by atoms with Gasteiger partial charge in [0.1, 0.15) is 17.6 Å². The fourth-order valence-electron chi connectivity index (χ4n) is 3.53. The average molecular weight is 591 g/mol. The van der Waals surface area contributed by atoms with E-state index in [1.807, 2.05) is 4.90 Å². The lowest BCUT2D eigenvalue weighted by molar-refractivity contribution is -0.380. The van der Waals surface area contributed by atoms with Gasteiger partial charge in [0.2, 0.25) is 5.88 Å². The normalized spacial score (nSPS) is 12.2. The summed E-state index contributed by atoms with van der Waals surface area (Å²) in [6.07, 6.45) is 1.30. The number of pyridine rings is 1. The molecule has 0 aliphatic carbocycles. The summed E-state index contributed by atoms with van der Waals surface area (Å²) >= 11 is 12.6. The molecule has 0 aliphatic rings. The largest absolute Gasteiger partial charge is 0.475 e. The average Bonchev–Trinajstić information content (AvgIpc) is 3.36. The van der Waals surface area contributed by atoms with Gasteiger partial charge in [-0.15, -0.1) is 23.2 Å². The Balaban J connectivity index is 1.88. The Labute approximate surface area is 228 Å². The first-order chi connectivity index (χ1) is 17.8. The number of ether oxygens (including phenoxy) is 1. The molecule has 1 N–H and O–H groups in total. The van der Waals surface area contributed by atoms with E-state index in [1.165, 1.54) is 35.8 Å². The van der Waals surface area contributed by atoms with E-state index in [-0.39, 0.29) is 41.8 Å². The molecule has 0 radical (unpaired) electrons. The molecule has 14 heteroatoms. The smallest absolute Gasteiger partial charge is 0.328 e. The number of nitro groups is 1. The summed E-state index contributed by atoms with van der Waals surface area (Å²) in [4.78, 5) is 17.0. The zero-order chi connectivity index (χ0) is 26.8. The summed E-state index contributed by atoms with van der Waals surface area (Å²) in [7, 11) is -4.38. The summed E-state index contributed by atoms with van der Waals surface area (Å²) in [5, 5.41) is 20.3. The van der Waals surface area contributed by atoms with Crippen LogP contribution in [0.25, 0.3) is 0 Å². The molecule has 0 saturated heterocycles. The quantitative estimate of drug-likeness (QED) is 0.118. The molecule has 200 valence electrons. The molecule has 10 nitrogen and oxygen atoms in total. The van der Waals surface area contributed by atoms with Crippen LogP contribution in [0.4, 0.5) is 10.7 Å². The summed E-state index contributed by atoms with van der Waals surface area (Å²) < 4.78 is 37.6. The summed E-state index contributed by atoms with van der Waals surface area (Å²) in [6, 6.07) is 11.0. The topological polar surface area (TPSA) is 132 Å². The highest BCUT2D eigenvalue weighted by Gasteiger charge is 2.36. The van der Waals surface area contributed by atoms with Crippen molar-refractivity contribution in [2.75, 3.05) is 43.0 Å². The van der Waals surface area contributed by atoms with Gasteiger partial charge in [0.25, 0.3) is 0 Å². The lowest BCUT2D eigenvalue weighted by atomic mass is 10.1. The summed E-state index contributed by atoms with van der Waals surface area (Å²) in [5.41, 5.74) is 1.33. The van der Waals surface area contributed by atoms with Crippen LogP contribution in [0.15, 0.2) is 54.0 Å². The highest BCUT2D eigenvalue weighted by Crippen LogP contribution is 2.38. The maximum Gasteiger partial charge on any atom is 0.328 e. The van der Waals surface area contributed by atoms with Crippen LogP contribution < -0.4 is 13.8 Å². The maximum absolute atomic E-state index is 13.5. The summed E-state index contributed by atoms with van der Waals surface area (Å²) in [5.74, 6) is 1.11. The van der Waals surface area contributed by atoms with E-state index in [4.69, 9.17) is 37.2 Å². The molecule has 0 spiro atoms. The molecule has 0 saturated carbocycles.